The molecule has 0 amide bonds. The molecule has 19 heavy (non-hydrogen) atoms. The zero-order chi connectivity index (χ0) is 13.9. The molecule has 0 saturated carbocycles. The highest BCUT2D eigenvalue weighted by Crippen LogP contribution is 2.26. The maximum Gasteiger partial charge on any atom is 0.320 e. The number of halogens is 1. The van der Waals surface area contributed by atoms with Crippen LogP contribution in [0.15, 0.2) is 42.0 Å². The summed E-state index contributed by atoms with van der Waals surface area (Å²) in [5, 5.41) is 18.3. The molecule has 0 saturated heterocycles. The summed E-state index contributed by atoms with van der Waals surface area (Å²) in [6, 6.07) is -1.00. The summed E-state index contributed by atoms with van der Waals surface area (Å²) in [6.45, 7) is 2.09. The van der Waals surface area contributed by atoms with Crippen molar-refractivity contribution in [2.45, 2.75) is 10.3 Å². The van der Waals surface area contributed by atoms with Crippen LogP contribution >= 0.6 is 22.6 Å². The van der Waals surface area contributed by atoms with Crippen LogP contribution in [0.25, 0.3) is 6.08 Å². The number of alkyl halides is 1. The molecule has 1 heterocycles. The van der Waals surface area contributed by atoms with E-state index in [1.54, 1.807) is 6.08 Å². The number of aromatic nitrogens is 3. The molecule has 6 heteroatoms. The predicted octanol–water partition coefficient (Wildman–Crippen LogP) is 2.54. The third-order valence-electron chi connectivity index (χ3n) is 2.32. The Morgan fingerprint density at radius 3 is 2.47 bits per heavy atom. The summed E-state index contributed by atoms with van der Waals surface area (Å²) in [5.41, 5.74) is 0.987. The van der Waals surface area contributed by atoms with E-state index in [-0.39, 0.29) is 9.25 Å². The molecule has 5 nitrogen and oxygen atoms in total. The average Bonchev–Trinajstić information content (AvgIpc) is 2.46. The van der Waals surface area contributed by atoms with E-state index in [0.29, 0.717) is 0 Å². The van der Waals surface area contributed by atoms with E-state index in [1.165, 1.54) is 0 Å². The molecule has 0 aromatic carbocycles. The molecular formula is C13H12IN3O2. The molecule has 1 aliphatic carbocycles. The smallest absolute Gasteiger partial charge is 0.320 e. The van der Waals surface area contributed by atoms with Crippen LogP contribution < -0.4 is 0 Å². The molecule has 0 spiro atoms. The number of aromatic hydroxyl groups is 2. The van der Waals surface area contributed by atoms with Crippen molar-refractivity contribution in [1.82, 2.24) is 15.0 Å². The molecule has 1 aliphatic rings. The highest BCUT2D eigenvalue weighted by molar-refractivity contribution is 14.1. The van der Waals surface area contributed by atoms with Gasteiger partial charge < -0.3 is 10.2 Å². The van der Waals surface area contributed by atoms with Crippen molar-refractivity contribution in [2.24, 2.45) is 0 Å². The third-order valence-corrected chi connectivity index (χ3v) is 3.00. The number of hydrogen-bond donors (Lipinski definition) is 2. The summed E-state index contributed by atoms with van der Waals surface area (Å²) in [5.74, 6) is 0.201. The normalized spacial score (nSPS) is 22.5. The third kappa shape index (κ3) is 4.16. The molecule has 1 aromatic heterocycles. The fraction of sp³-hybridized carbons (Fsp3) is 0.154. The second-order valence-electron chi connectivity index (χ2n) is 4.14. The van der Waals surface area contributed by atoms with Crippen molar-refractivity contribution in [3.63, 3.8) is 0 Å². The molecule has 0 radical (unpaired) electrons. The fourth-order valence-corrected chi connectivity index (χ4v) is 2.12. The number of rotatable bonds is 2. The van der Waals surface area contributed by atoms with Gasteiger partial charge in [0.15, 0.2) is 5.82 Å². The van der Waals surface area contributed by atoms with Gasteiger partial charge in [0.25, 0.3) is 0 Å². The highest BCUT2D eigenvalue weighted by Gasteiger charge is 2.13. The number of allylic oxidation sites excluding steroid dienone is 7. The second-order valence-corrected chi connectivity index (χ2v) is 6.47. The quantitative estimate of drug-likeness (QED) is 0.619. The maximum absolute atomic E-state index is 9.16. The summed E-state index contributed by atoms with van der Waals surface area (Å²) in [4.78, 5) is 10.7. The Labute approximate surface area is 124 Å². The SMILES string of the molecule is CC1(I)C=CC=CC(/C=C/c2nc(O)nc(O)n2)=C1. The molecule has 1 unspecified atom stereocenters. The number of hydrogen-bond acceptors (Lipinski definition) is 5. The van der Waals surface area contributed by atoms with E-state index < -0.39 is 12.0 Å². The zero-order valence-electron chi connectivity index (χ0n) is 10.2. The molecule has 0 bridgehead atoms. The van der Waals surface area contributed by atoms with E-state index in [9.17, 15) is 0 Å². The summed E-state index contributed by atoms with van der Waals surface area (Å²) < 4.78 is -0.0652. The van der Waals surface area contributed by atoms with Crippen LogP contribution in [0.1, 0.15) is 12.7 Å². The fourth-order valence-electron chi connectivity index (χ4n) is 1.55. The Hall–Kier alpha value is -1.70. The Morgan fingerprint density at radius 2 is 1.79 bits per heavy atom. The minimum absolute atomic E-state index is 0.0652. The topological polar surface area (TPSA) is 79.1 Å². The standard InChI is InChI=1S/C13H12IN3O2/c1-13(14)7-3-2-4-9(8-13)5-6-10-15-11(18)17-12(19)16-10/h2-8H,1H3,(H2,15,16,17,18,19)/b6-5+. The van der Waals surface area contributed by atoms with Crippen LogP contribution in [0.5, 0.6) is 12.0 Å². The van der Waals surface area contributed by atoms with Crippen molar-refractivity contribution in [2.75, 3.05) is 0 Å². The molecular weight excluding hydrogens is 357 g/mol. The molecule has 1 atom stereocenters. The van der Waals surface area contributed by atoms with Gasteiger partial charge in [-0.05, 0) is 18.6 Å². The first-order chi connectivity index (χ1) is 8.94. The molecule has 0 aliphatic heterocycles. The molecule has 1 aromatic rings. The lowest BCUT2D eigenvalue weighted by Gasteiger charge is -2.11. The van der Waals surface area contributed by atoms with Gasteiger partial charge in [-0.1, -0.05) is 59.0 Å². The van der Waals surface area contributed by atoms with E-state index >= 15 is 0 Å². The lowest BCUT2D eigenvalue weighted by atomic mass is 10.1. The van der Waals surface area contributed by atoms with E-state index in [1.807, 2.05) is 24.3 Å². The van der Waals surface area contributed by atoms with Crippen molar-refractivity contribution in [3.05, 3.63) is 47.9 Å². The highest BCUT2D eigenvalue weighted by atomic mass is 127. The summed E-state index contributed by atoms with van der Waals surface area (Å²) in [7, 11) is 0. The van der Waals surface area contributed by atoms with Crippen LogP contribution in [-0.2, 0) is 0 Å². The number of nitrogens with zero attached hydrogens (tertiary/aromatic N) is 3. The van der Waals surface area contributed by atoms with Crippen molar-refractivity contribution in [3.8, 4) is 12.0 Å². The predicted molar refractivity (Wildman–Crippen MR) is 81.0 cm³/mol. The summed E-state index contributed by atoms with van der Waals surface area (Å²) >= 11 is 2.34. The largest absolute Gasteiger partial charge is 0.479 e. The monoisotopic (exact) mass is 369 g/mol. The first kappa shape index (κ1) is 13.7. The van der Waals surface area contributed by atoms with Crippen molar-refractivity contribution in [1.29, 1.82) is 0 Å². The molecule has 2 rings (SSSR count). The van der Waals surface area contributed by atoms with Gasteiger partial charge in [0.05, 0.1) is 3.42 Å². The Balaban J connectivity index is 2.25. The lowest BCUT2D eigenvalue weighted by Crippen LogP contribution is -2.06. The van der Waals surface area contributed by atoms with Crippen LogP contribution in [0, 0.1) is 0 Å². The van der Waals surface area contributed by atoms with E-state index in [0.717, 1.165) is 5.57 Å². The molecule has 2 N–H and O–H groups in total. The van der Waals surface area contributed by atoms with E-state index in [2.05, 4.69) is 56.6 Å². The van der Waals surface area contributed by atoms with Gasteiger partial charge in [0.2, 0.25) is 0 Å². The first-order valence-corrected chi connectivity index (χ1v) is 6.62. The Kier molecular flexibility index (Phi) is 3.98. The lowest BCUT2D eigenvalue weighted by molar-refractivity contribution is 0.381. The average molecular weight is 369 g/mol. The zero-order valence-corrected chi connectivity index (χ0v) is 12.3. The van der Waals surface area contributed by atoms with Crippen LogP contribution in [0.3, 0.4) is 0 Å². The first-order valence-electron chi connectivity index (χ1n) is 5.54. The minimum Gasteiger partial charge on any atom is -0.479 e. The molecule has 0 fully saturated rings. The van der Waals surface area contributed by atoms with Gasteiger partial charge in [-0.2, -0.15) is 9.97 Å². The van der Waals surface area contributed by atoms with Gasteiger partial charge in [-0.25, -0.2) is 0 Å². The summed E-state index contributed by atoms with van der Waals surface area (Å²) in [6.07, 6.45) is 13.5. The molecule has 98 valence electrons. The van der Waals surface area contributed by atoms with Crippen LogP contribution in [0.2, 0.25) is 0 Å². The Morgan fingerprint density at radius 1 is 1.11 bits per heavy atom. The van der Waals surface area contributed by atoms with Crippen molar-refractivity contribution < 1.29 is 10.2 Å². The Bertz CT molecular complexity index is 584. The van der Waals surface area contributed by atoms with Crippen LogP contribution in [-0.4, -0.2) is 28.6 Å². The van der Waals surface area contributed by atoms with Gasteiger partial charge in [-0.15, -0.1) is 4.98 Å². The maximum atomic E-state index is 9.16. The van der Waals surface area contributed by atoms with Gasteiger partial charge in [0.1, 0.15) is 0 Å². The van der Waals surface area contributed by atoms with Crippen molar-refractivity contribution >= 4 is 28.7 Å². The van der Waals surface area contributed by atoms with Gasteiger partial charge in [0, 0.05) is 0 Å². The second kappa shape index (κ2) is 5.52. The van der Waals surface area contributed by atoms with E-state index in [4.69, 9.17) is 10.2 Å². The van der Waals surface area contributed by atoms with Crippen LogP contribution in [0.4, 0.5) is 0 Å². The van der Waals surface area contributed by atoms with Gasteiger partial charge in [-0.3, -0.25) is 0 Å². The van der Waals surface area contributed by atoms with Gasteiger partial charge >= 0.3 is 12.0 Å². The minimum atomic E-state index is -0.502.